The molecule has 6 nitrogen and oxygen atoms in total. The second kappa shape index (κ2) is 6.04. The van der Waals surface area contributed by atoms with Gasteiger partial charge in [-0.2, -0.15) is 0 Å². The fraction of sp³-hybridized carbons (Fsp3) is 0.562. The molecule has 0 spiro atoms. The van der Waals surface area contributed by atoms with E-state index in [1.807, 2.05) is 43.9 Å². The molecule has 0 aromatic heterocycles. The number of hydrogen-bond donors (Lipinski definition) is 1. The number of hydrogen-bond acceptors (Lipinski definition) is 5. The molecule has 2 aliphatic heterocycles. The van der Waals surface area contributed by atoms with Gasteiger partial charge in [0.15, 0.2) is 11.5 Å². The Hall–Kier alpha value is -1.95. The van der Waals surface area contributed by atoms with Gasteiger partial charge in [0.2, 0.25) is 12.7 Å². The van der Waals surface area contributed by atoms with Gasteiger partial charge in [-0.1, -0.05) is 0 Å². The Kier molecular flexibility index (Phi) is 4.11. The number of rotatable bonds is 3. The van der Waals surface area contributed by atoms with Crippen molar-refractivity contribution < 1.29 is 19.0 Å². The summed E-state index contributed by atoms with van der Waals surface area (Å²) >= 11 is 0. The number of nitrogens with zero attached hydrogens (tertiary/aromatic N) is 1. The predicted octanol–water partition coefficient (Wildman–Crippen LogP) is 1.85. The van der Waals surface area contributed by atoms with Crippen LogP contribution in [0.2, 0.25) is 0 Å². The van der Waals surface area contributed by atoms with Crippen molar-refractivity contribution in [2.45, 2.75) is 39.0 Å². The quantitative estimate of drug-likeness (QED) is 0.923. The highest BCUT2D eigenvalue weighted by atomic mass is 16.7. The van der Waals surface area contributed by atoms with Crippen LogP contribution in [0.15, 0.2) is 18.2 Å². The molecule has 1 fully saturated rings. The first kappa shape index (κ1) is 15.0. The Bertz CT molecular complexity index is 553. The molecule has 3 atom stereocenters. The van der Waals surface area contributed by atoms with Gasteiger partial charge in [0, 0.05) is 24.8 Å². The van der Waals surface area contributed by atoms with E-state index in [1.54, 1.807) is 0 Å². The maximum atomic E-state index is 12.6. The Morgan fingerprint density at radius 2 is 1.91 bits per heavy atom. The van der Waals surface area contributed by atoms with E-state index in [2.05, 4.69) is 5.32 Å². The van der Waals surface area contributed by atoms with E-state index in [4.69, 9.17) is 14.2 Å². The van der Waals surface area contributed by atoms with E-state index < -0.39 is 0 Å². The fourth-order valence-corrected chi connectivity index (χ4v) is 2.93. The van der Waals surface area contributed by atoms with Gasteiger partial charge in [-0.25, -0.2) is 0 Å². The maximum absolute atomic E-state index is 12.6. The average Bonchev–Trinajstić information content (AvgIpc) is 2.93. The highest BCUT2D eigenvalue weighted by Crippen LogP contribution is 2.34. The number of anilines is 1. The molecule has 1 N–H and O–H groups in total. The lowest BCUT2D eigenvalue weighted by molar-refractivity contribution is -0.143. The van der Waals surface area contributed by atoms with Crippen LogP contribution < -0.4 is 14.8 Å². The summed E-state index contributed by atoms with van der Waals surface area (Å²) in [7, 11) is 0. The monoisotopic (exact) mass is 306 g/mol. The molecular formula is C16H22N2O4. The summed E-state index contributed by atoms with van der Waals surface area (Å²) in [5.41, 5.74) is 0.847. The minimum atomic E-state index is -0.308. The van der Waals surface area contributed by atoms with Gasteiger partial charge in [0.1, 0.15) is 6.04 Å². The number of nitrogens with one attached hydrogen (secondary N) is 1. The summed E-state index contributed by atoms with van der Waals surface area (Å²) in [6.07, 6.45) is 0.149. The highest BCUT2D eigenvalue weighted by molar-refractivity contribution is 5.84. The molecule has 2 heterocycles. The van der Waals surface area contributed by atoms with Gasteiger partial charge in [-0.15, -0.1) is 0 Å². The summed E-state index contributed by atoms with van der Waals surface area (Å²) in [6, 6.07) is 5.29. The van der Waals surface area contributed by atoms with Crippen LogP contribution in [-0.4, -0.2) is 48.9 Å². The zero-order valence-electron chi connectivity index (χ0n) is 13.2. The minimum absolute atomic E-state index is 0.0745. The first-order valence-electron chi connectivity index (χ1n) is 7.63. The smallest absolute Gasteiger partial charge is 0.244 e. The number of morpholine rings is 1. The van der Waals surface area contributed by atoms with Crippen molar-refractivity contribution in [3.63, 3.8) is 0 Å². The Labute approximate surface area is 130 Å². The van der Waals surface area contributed by atoms with Crippen LogP contribution in [0.25, 0.3) is 0 Å². The standard InChI is InChI=1S/C16H22N2O4/c1-10-7-18(8-11(2)22-10)16(19)12(3)17-13-4-5-14-15(6-13)21-9-20-14/h4-6,10-12,17H,7-9H2,1-3H3/t10-,11+,12-/m0/s1. The largest absolute Gasteiger partial charge is 0.454 e. The van der Waals surface area contributed by atoms with Crippen LogP contribution in [-0.2, 0) is 9.53 Å². The van der Waals surface area contributed by atoms with Gasteiger partial charge in [0.25, 0.3) is 0 Å². The number of carbonyl (C=O) groups is 1. The molecule has 22 heavy (non-hydrogen) atoms. The van der Waals surface area contributed by atoms with Gasteiger partial charge in [-0.05, 0) is 32.9 Å². The third-order valence-electron chi connectivity index (χ3n) is 3.86. The highest BCUT2D eigenvalue weighted by Gasteiger charge is 2.28. The zero-order chi connectivity index (χ0) is 15.7. The number of fused-ring (bicyclic) bond motifs is 1. The molecule has 1 saturated heterocycles. The molecule has 1 aromatic rings. The number of amides is 1. The minimum Gasteiger partial charge on any atom is -0.454 e. The van der Waals surface area contributed by atoms with Gasteiger partial charge < -0.3 is 24.4 Å². The first-order chi connectivity index (χ1) is 10.5. The molecule has 6 heteroatoms. The molecule has 120 valence electrons. The molecule has 0 saturated carbocycles. The lowest BCUT2D eigenvalue weighted by Gasteiger charge is -2.36. The second-order valence-corrected chi connectivity index (χ2v) is 5.93. The summed E-state index contributed by atoms with van der Waals surface area (Å²) < 4.78 is 16.3. The zero-order valence-corrected chi connectivity index (χ0v) is 13.2. The van der Waals surface area contributed by atoms with E-state index in [-0.39, 0.29) is 30.9 Å². The number of carbonyl (C=O) groups excluding carboxylic acids is 1. The molecule has 0 aliphatic carbocycles. The Morgan fingerprint density at radius 3 is 2.64 bits per heavy atom. The third kappa shape index (κ3) is 3.11. The molecule has 1 aromatic carbocycles. The van der Waals surface area contributed by atoms with Crippen LogP contribution >= 0.6 is 0 Å². The first-order valence-corrected chi connectivity index (χ1v) is 7.63. The van der Waals surface area contributed by atoms with E-state index >= 15 is 0 Å². The van der Waals surface area contributed by atoms with Crippen molar-refractivity contribution in [3.05, 3.63) is 18.2 Å². The van der Waals surface area contributed by atoms with Crippen molar-refractivity contribution in [1.29, 1.82) is 0 Å². The van der Waals surface area contributed by atoms with Crippen LogP contribution in [0.4, 0.5) is 5.69 Å². The third-order valence-corrected chi connectivity index (χ3v) is 3.86. The SMILES string of the molecule is C[C@@H]1CN(C(=O)[C@H](C)Nc2ccc3c(c2)OCO3)C[C@H](C)O1. The lowest BCUT2D eigenvalue weighted by Crippen LogP contribution is -2.52. The topological polar surface area (TPSA) is 60.0 Å². The molecule has 0 unspecified atom stereocenters. The molecule has 2 aliphatic rings. The molecule has 0 bridgehead atoms. The molecular weight excluding hydrogens is 284 g/mol. The maximum Gasteiger partial charge on any atom is 0.244 e. The lowest BCUT2D eigenvalue weighted by atomic mass is 10.2. The van der Waals surface area contributed by atoms with Crippen molar-refractivity contribution >= 4 is 11.6 Å². The molecule has 0 radical (unpaired) electrons. The van der Waals surface area contributed by atoms with Gasteiger partial charge in [-0.3, -0.25) is 4.79 Å². The predicted molar refractivity (Wildman–Crippen MR) is 82.2 cm³/mol. The van der Waals surface area contributed by atoms with Crippen molar-refractivity contribution in [2.24, 2.45) is 0 Å². The molecule has 3 rings (SSSR count). The fourth-order valence-electron chi connectivity index (χ4n) is 2.93. The summed E-state index contributed by atoms with van der Waals surface area (Å²) in [6.45, 7) is 7.37. The van der Waals surface area contributed by atoms with Crippen molar-refractivity contribution in [3.8, 4) is 11.5 Å². The second-order valence-electron chi connectivity index (χ2n) is 5.93. The van der Waals surface area contributed by atoms with E-state index in [0.29, 0.717) is 18.8 Å². The van der Waals surface area contributed by atoms with Crippen LogP contribution in [0.5, 0.6) is 11.5 Å². The number of ether oxygens (including phenoxy) is 3. The van der Waals surface area contributed by atoms with Crippen LogP contribution in [0.1, 0.15) is 20.8 Å². The molecule has 1 amide bonds. The van der Waals surface area contributed by atoms with E-state index in [9.17, 15) is 4.79 Å². The Balaban J connectivity index is 1.63. The summed E-state index contributed by atoms with van der Waals surface area (Å²) in [4.78, 5) is 14.4. The van der Waals surface area contributed by atoms with Crippen LogP contribution in [0, 0.1) is 0 Å². The van der Waals surface area contributed by atoms with Crippen LogP contribution in [0.3, 0.4) is 0 Å². The van der Waals surface area contributed by atoms with Crippen molar-refractivity contribution in [1.82, 2.24) is 4.90 Å². The normalized spacial score (nSPS) is 25.0. The van der Waals surface area contributed by atoms with Gasteiger partial charge in [0.05, 0.1) is 12.2 Å². The van der Waals surface area contributed by atoms with E-state index in [0.717, 1.165) is 11.4 Å². The Morgan fingerprint density at radius 1 is 1.23 bits per heavy atom. The number of benzene rings is 1. The average molecular weight is 306 g/mol. The summed E-state index contributed by atoms with van der Waals surface area (Å²) in [5, 5.41) is 3.23. The van der Waals surface area contributed by atoms with Gasteiger partial charge >= 0.3 is 0 Å². The van der Waals surface area contributed by atoms with Crippen molar-refractivity contribution in [2.75, 3.05) is 25.2 Å². The van der Waals surface area contributed by atoms with E-state index in [1.165, 1.54) is 0 Å². The summed E-state index contributed by atoms with van der Waals surface area (Å²) in [5.74, 6) is 1.53.